The van der Waals surface area contributed by atoms with Gasteiger partial charge in [0.25, 0.3) is 0 Å². The summed E-state index contributed by atoms with van der Waals surface area (Å²) in [7, 11) is 0. The zero-order valence-corrected chi connectivity index (χ0v) is 34.3. The summed E-state index contributed by atoms with van der Waals surface area (Å²) >= 11 is 0. The van der Waals surface area contributed by atoms with Crippen molar-refractivity contribution in [2.75, 3.05) is 6.54 Å². The van der Waals surface area contributed by atoms with Crippen LogP contribution in [0.1, 0.15) is 157 Å². The van der Waals surface area contributed by atoms with Crippen LogP contribution in [0.5, 0.6) is 0 Å². The molecule has 0 heterocycles. The molecule has 0 aromatic heterocycles. The first-order valence-corrected chi connectivity index (χ1v) is 21.4. The molecule has 6 heteroatoms. The summed E-state index contributed by atoms with van der Waals surface area (Å²) in [6, 6.07) is 9.83. The van der Waals surface area contributed by atoms with Crippen LogP contribution in [0.25, 0.3) is 0 Å². The fraction of sp³-hybridized carbons (Fsp3) is 0.766. The molecule has 294 valence electrons. The highest BCUT2D eigenvalue weighted by Gasteiger charge is 2.72. The Hall–Kier alpha value is -2.63. The van der Waals surface area contributed by atoms with E-state index in [9.17, 15) is 14.4 Å². The third-order valence-electron chi connectivity index (χ3n) is 16.9. The van der Waals surface area contributed by atoms with Gasteiger partial charge in [-0.2, -0.15) is 0 Å². The van der Waals surface area contributed by atoms with Crippen molar-refractivity contribution in [2.45, 2.75) is 164 Å². The van der Waals surface area contributed by atoms with Gasteiger partial charge in [0.05, 0.1) is 5.41 Å². The number of hydrogen-bond acceptors (Lipinski definition) is 5. The second kappa shape index (κ2) is 15.5. The van der Waals surface area contributed by atoms with Crippen LogP contribution in [0.15, 0.2) is 42.5 Å². The summed E-state index contributed by atoms with van der Waals surface area (Å²) in [5.41, 5.74) is 2.58. The number of esters is 2. The maximum Gasteiger partial charge on any atom is 0.306 e. The summed E-state index contributed by atoms with van der Waals surface area (Å²) < 4.78 is 11.4. The molecule has 1 aromatic carbocycles. The molecule has 1 N–H and O–H groups in total. The van der Waals surface area contributed by atoms with Crippen LogP contribution >= 0.6 is 0 Å². The Bertz CT molecular complexity index is 1500. The first-order chi connectivity index (χ1) is 25.1. The molecule has 53 heavy (non-hydrogen) atoms. The maximum absolute atomic E-state index is 14.5. The SMILES string of the molecule is C=C(C)[C@@H]1CC[C@]2(C(=O)NCCCCCCCC(=O)OCc3ccccc3)CC[C@]3(C)[C@H](CC[C@@H]4[C@@]5(C)CC[C@H](OC(C)=O)C(C)(C)[C@@H]5CC[C@]43C)[C@@H]12. The van der Waals surface area contributed by atoms with Crippen molar-refractivity contribution < 1.29 is 23.9 Å². The molecular formula is C47H71NO5. The number of benzene rings is 1. The van der Waals surface area contributed by atoms with Gasteiger partial charge >= 0.3 is 11.9 Å². The van der Waals surface area contributed by atoms with E-state index in [1.54, 1.807) is 6.92 Å². The highest BCUT2D eigenvalue weighted by molar-refractivity contribution is 5.84. The molecule has 0 spiro atoms. The maximum atomic E-state index is 14.5. The fourth-order valence-electron chi connectivity index (χ4n) is 14.0. The molecule has 1 amide bonds. The molecule has 0 unspecified atom stereocenters. The molecule has 6 rings (SSSR count). The van der Waals surface area contributed by atoms with E-state index in [-0.39, 0.29) is 45.1 Å². The van der Waals surface area contributed by atoms with Gasteiger partial charge in [0, 0.05) is 25.3 Å². The Labute approximate surface area is 321 Å². The molecule has 5 saturated carbocycles. The van der Waals surface area contributed by atoms with Crippen LogP contribution in [-0.4, -0.2) is 30.5 Å². The van der Waals surface area contributed by atoms with Crippen molar-refractivity contribution in [3.05, 3.63) is 48.0 Å². The van der Waals surface area contributed by atoms with Gasteiger partial charge < -0.3 is 14.8 Å². The topological polar surface area (TPSA) is 81.7 Å². The highest BCUT2D eigenvalue weighted by Crippen LogP contribution is 2.77. The molecule has 10 atom stereocenters. The van der Waals surface area contributed by atoms with Crippen LogP contribution < -0.4 is 5.32 Å². The number of amides is 1. The summed E-state index contributed by atoms with van der Waals surface area (Å²) in [6.07, 6.45) is 16.5. The molecule has 5 fully saturated rings. The molecule has 5 aliphatic rings. The molecular weight excluding hydrogens is 659 g/mol. The molecule has 0 aliphatic heterocycles. The van der Waals surface area contributed by atoms with E-state index in [4.69, 9.17) is 9.47 Å². The van der Waals surface area contributed by atoms with E-state index in [1.807, 2.05) is 30.3 Å². The molecule has 1 aromatic rings. The third kappa shape index (κ3) is 7.16. The molecule has 6 nitrogen and oxygen atoms in total. The predicted octanol–water partition coefficient (Wildman–Crippen LogP) is 10.8. The molecule has 0 saturated heterocycles. The van der Waals surface area contributed by atoms with Crippen molar-refractivity contribution in [1.29, 1.82) is 0 Å². The minimum atomic E-state index is -0.289. The number of carbonyl (C=O) groups is 3. The third-order valence-corrected chi connectivity index (χ3v) is 16.9. The van der Waals surface area contributed by atoms with Crippen LogP contribution in [0.4, 0.5) is 0 Å². The first-order valence-electron chi connectivity index (χ1n) is 21.4. The lowest BCUT2D eigenvalue weighted by atomic mass is 9.32. The van der Waals surface area contributed by atoms with E-state index in [2.05, 4.69) is 53.4 Å². The zero-order chi connectivity index (χ0) is 38.2. The lowest BCUT2D eigenvalue weighted by molar-refractivity contribution is -0.248. The lowest BCUT2D eigenvalue weighted by Gasteiger charge is -2.72. The van der Waals surface area contributed by atoms with Crippen molar-refractivity contribution in [2.24, 2.45) is 56.7 Å². The van der Waals surface area contributed by atoms with Crippen molar-refractivity contribution in [1.82, 2.24) is 5.32 Å². The summed E-state index contributed by atoms with van der Waals surface area (Å²) in [4.78, 5) is 38.7. The summed E-state index contributed by atoms with van der Waals surface area (Å²) in [5, 5.41) is 3.48. The van der Waals surface area contributed by atoms with E-state index in [0.29, 0.717) is 48.5 Å². The van der Waals surface area contributed by atoms with Crippen molar-refractivity contribution in [3.63, 3.8) is 0 Å². The smallest absolute Gasteiger partial charge is 0.306 e. The van der Waals surface area contributed by atoms with Gasteiger partial charge in [0.2, 0.25) is 5.91 Å². The Morgan fingerprint density at radius 1 is 0.774 bits per heavy atom. The number of fused-ring (bicyclic) bond motifs is 7. The van der Waals surface area contributed by atoms with Crippen molar-refractivity contribution >= 4 is 17.8 Å². The average Bonchev–Trinajstić information content (AvgIpc) is 3.52. The Morgan fingerprint density at radius 3 is 2.21 bits per heavy atom. The number of carbonyl (C=O) groups excluding carboxylic acids is 3. The molecule has 0 radical (unpaired) electrons. The van der Waals surface area contributed by atoms with Gasteiger partial charge in [-0.05, 0) is 135 Å². The summed E-state index contributed by atoms with van der Waals surface area (Å²) in [6.45, 7) is 22.0. The molecule has 5 aliphatic carbocycles. The van der Waals surface area contributed by atoms with Gasteiger partial charge in [-0.3, -0.25) is 14.4 Å². The number of unbranched alkanes of at least 4 members (excludes halogenated alkanes) is 4. The minimum Gasteiger partial charge on any atom is -0.462 e. The fourth-order valence-corrected chi connectivity index (χ4v) is 14.0. The Kier molecular flexibility index (Phi) is 11.7. The largest absolute Gasteiger partial charge is 0.462 e. The van der Waals surface area contributed by atoms with Gasteiger partial charge in [0.15, 0.2) is 0 Å². The lowest BCUT2D eigenvalue weighted by Crippen LogP contribution is -2.67. The van der Waals surface area contributed by atoms with Gasteiger partial charge in [-0.15, -0.1) is 0 Å². The second-order valence-corrected chi connectivity index (χ2v) is 19.7. The van der Waals surface area contributed by atoms with Crippen molar-refractivity contribution in [3.8, 4) is 0 Å². The highest BCUT2D eigenvalue weighted by atomic mass is 16.5. The quantitative estimate of drug-likeness (QED) is 0.124. The zero-order valence-electron chi connectivity index (χ0n) is 34.3. The van der Waals surface area contributed by atoms with Gasteiger partial charge in [-0.25, -0.2) is 0 Å². The van der Waals surface area contributed by atoms with E-state index >= 15 is 0 Å². The second-order valence-electron chi connectivity index (χ2n) is 19.7. The Balaban J connectivity index is 1.06. The van der Waals surface area contributed by atoms with Gasteiger partial charge in [-0.1, -0.05) is 96.4 Å². The van der Waals surface area contributed by atoms with Crippen LogP contribution in [-0.2, 0) is 30.5 Å². The monoisotopic (exact) mass is 730 g/mol. The number of hydrogen-bond donors (Lipinski definition) is 1. The number of nitrogens with one attached hydrogen (secondary N) is 1. The number of allylic oxidation sites excluding steroid dienone is 1. The van der Waals surface area contributed by atoms with Crippen LogP contribution in [0.3, 0.4) is 0 Å². The number of rotatable bonds is 13. The predicted molar refractivity (Wildman–Crippen MR) is 211 cm³/mol. The van der Waals surface area contributed by atoms with Crippen LogP contribution in [0.2, 0.25) is 0 Å². The number of ether oxygens (including phenoxy) is 2. The van der Waals surface area contributed by atoms with E-state index < -0.39 is 0 Å². The standard InChI is InChI=1S/C47H71NO5/c1-32(2)35-22-27-47(42(51)48-30-16-11-9-10-15-19-40(50)52-31-34-17-13-12-14-18-34)29-28-45(7)36(41(35)47)20-21-38-44(6)25-24-39(53-33(3)49)43(4,5)37(44)23-26-46(38,45)8/h12-14,17-18,35-39,41H,1,9-11,15-16,19-31H2,2-8H3,(H,48,51)/t35-,36+,37-,38+,39-,41+,44-,45+,46+,47-/m0/s1. The van der Waals surface area contributed by atoms with Crippen LogP contribution in [0, 0.1) is 56.7 Å². The normalized spacial score (nSPS) is 38.3. The first kappa shape index (κ1) is 40.0. The minimum absolute atomic E-state index is 0.000819. The summed E-state index contributed by atoms with van der Waals surface area (Å²) in [5.74, 6) is 2.51. The molecule has 0 bridgehead atoms. The van der Waals surface area contributed by atoms with E-state index in [0.717, 1.165) is 82.7 Å². The van der Waals surface area contributed by atoms with E-state index in [1.165, 1.54) is 31.3 Å². The Morgan fingerprint density at radius 2 is 1.49 bits per heavy atom. The van der Waals surface area contributed by atoms with Gasteiger partial charge in [0.1, 0.15) is 12.7 Å². The average molecular weight is 730 g/mol.